The molecular formula is C20H27N3O4. The number of nitrogens with zero attached hydrogens (tertiary/aromatic N) is 3. The molecule has 146 valence electrons. The Morgan fingerprint density at radius 3 is 2.30 bits per heavy atom. The van der Waals surface area contributed by atoms with Crippen LogP contribution in [-0.2, 0) is 0 Å². The van der Waals surface area contributed by atoms with Crippen molar-refractivity contribution in [2.75, 3.05) is 58.5 Å². The highest BCUT2D eigenvalue weighted by atomic mass is 16.5. The molecule has 3 rings (SSSR count). The first-order valence-electron chi connectivity index (χ1n) is 9.11. The molecule has 2 heterocycles. The van der Waals surface area contributed by atoms with E-state index in [1.807, 2.05) is 30.5 Å². The maximum Gasteiger partial charge on any atom is 0.203 e. The van der Waals surface area contributed by atoms with Crippen LogP contribution in [0, 0.1) is 0 Å². The molecular weight excluding hydrogens is 346 g/mol. The number of methoxy groups -OCH3 is 2. The van der Waals surface area contributed by atoms with E-state index in [9.17, 15) is 5.11 Å². The second-order valence-corrected chi connectivity index (χ2v) is 6.43. The first-order chi connectivity index (χ1) is 13.2. The zero-order valence-corrected chi connectivity index (χ0v) is 15.9. The number of benzene rings is 1. The number of ether oxygens (including phenoxy) is 3. The van der Waals surface area contributed by atoms with Gasteiger partial charge < -0.3 is 24.2 Å². The van der Waals surface area contributed by atoms with Crippen LogP contribution in [0.25, 0.3) is 0 Å². The molecule has 1 aliphatic heterocycles. The van der Waals surface area contributed by atoms with Gasteiger partial charge in [-0.05, 0) is 24.3 Å². The summed E-state index contributed by atoms with van der Waals surface area (Å²) in [4.78, 5) is 8.90. The Morgan fingerprint density at radius 2 is 1.70 bits per heavy atom. The molecule has 7 nitrogen and oxygen atoms in total. The number of para-hydroxylation sites is 1. The number of aromatic nitrogens is 1. The SMILES string of the molecule is COc1cccc(OC)c1OCC(O)CN1CCN(c2ccccn2)CC1. The Morgan fingerprint density at radius 1 is 1.00 bits per heavy atom. The summed E-state index contributed by atoms with van der Waals surface area (Å²) < 4.78 is 16.4. The maximum atomic E-state index is 10.4. The molecule has 0 saturated carbocycles. The van der Waals surface area contributed by atoms with Gasteiger partial charge in [0.05, 0.1) is 14.2 Å². The van der Waals surface area contributed by atoms with Gasteiger partial charge in [-0.15, -0.1) is 0 Å². The summed E-state index contributed by atoms with van der Waals surface area (Å²) in [6.07, 6.45) is 1.22. The van der Waals surface area contributed by atoms with Crippen molar-refractivity contribution in [3.05, 3.63) is 42.6 Å². The fraction of sp³-hybridized carbons (Fsp3) is 0.450. The number of piperazine rings is 1. The van der Waals surface area contributed by atoms with Crippen LogP contribution in [0.2, 0.25) is 0 Å². The zero-order chi connectivity index (χ0) is 19.1. The maximum absolute atomic E-state index is 10.4. The number of aliphatic hydroxyl groups is 1. The van der Waals surface area contributed by atoms with Gasteiger partial charge in [0.15, 0.2) is 11.5 Å². The highest BCUT2D eigenvalue weighted by Crippen LogP contribution is 2.36. The van der Waals surface area contributed by atoms with E-state index < -0.39 is 6.10 Å². The molecule has 0 radical (unpaired) electrons. The quantitative estimate of drug-likeness (QED) is 0.755. The Bertz CT molecular complexity index is 683. The van der Waals surface area contributed by atoms with Gasteiger partial charge in [0.2, 0.25) is 5.75 Å². The normalized spacial score (nSPS) is 16.0. The third-order valence-electron chi connectivity index (χ3n) is 4.62. The van der Waals surface area contributed by atoms with Crippen LogP contribution in [0.4, 0.5) is 5.82 Å². The van der Waals surface area contributed by atoms with E-state index in [1.165, 1.54) is 0 Å². The van der Waals surface area contributed by atoms with Gasteiger partial charge in [-0.1, -0.05) is 12.1 Å². The molecule has 7 heteroatoms. The number of anilines is 1. The number of hydrogen-bond acceptors (Lipinski definition) is 7. The van der Waals surface area contributed by atoms with E-state index in [2.05, 4.69) is 14.8 Å². The molecule has 1 saturated heterocycles. The van der Waals surface area contributed by atoms with Gasteiger partial charge >= 0.3 is 0 Å². The Labute approximate surface area is 160 Å². The molecule has 0 bridgehead atoms. The van der Waals surface area contributed by atoms with Crippen molar-refractivity contribution in [2.45, 2.75) is 6.10 Å². The lowest BCUT2D eigenvalue weighted by Crippen LogP contribution is -2.49. The highest BCUT2D eigenvalue weighted by Gasteiger charge is 2.21. The standard InChI is InChI=1S/C20H27N3O4/c1-25-17-6-5-7-18(26-2)20(17)27-15-16(24)14-22-10-12-23(13-11-22)19-8-3-4-9-21-19/h3-9,16,24H,10-15H2,1-2H3. The van der Waals surface area contributed by atoms with E-state index >= 15 is 0 Å². The predicted molar refractivity (Wildman–Crippen MR) is 104 cm³/mol. The predicted octanol–water partition coefficient (Wildman–Crippen LogP) is 1.66. The fourth-order valence-corrected chi connectivity index (χ4v) is 3.19. The summed E-state index contributed by atoms with van der Waals surface area (Å²) in [5.41, 5.74) is 0. The molecule has 1 aromatic carbocycles. The van der Waals surface area contributed by atoms with Crippen molar-refractivity contribution < 1.29 is 19.3 Å². The first-order valence-corrected chi connectivity index (χ1v) is 9.11. The van der Waals surface area contributed by atoms with Crippen LogP contribution in [0.1, 0.15) is 0 Å². The lowest BCUT2D eigenvalue weighted by molar-refractivity contribution is 0.0642. The monoisotopic (exact) mass is 373 g/mol. The number of β-amino-alcohol motifs (C(OH)–C–C–N with tert-alkyl or cyclic N) is 1. The average molecular weight is 373 g/mol. The smallest absolute Gasteiger partial charge is 0.203 e. The number of aliphatic hydroxyl groups excluding tert-OH is 1. The van der Waals surface area contributed by atoms with Gasteiger partial charge in [-0.3, -0.25) is 4.90 Å². The molecule has 1 aliphatic rings. The van der Waals surface area contributed by atoms with E-state index in [0.29, 0.717) is 23.8 Å². The van der Waals surface area contributed by atoms with Crippen LogP contribution in [-0.4, -0.2) is 74.6 Å². The molecule has 2 aromatic rings. The molecule has 0 amide bonds. The average Bonchev–Trinajstić information content (AvgIpc) is 2.73. The summed E-state index contributed by atoms with van der Waals surface area (Å²) in [6, 6.07) is 11.4. The summed E-state index contributed by atoms with van der Waals surface area (Å²) in [5.74, 6) is 2.70. The lowest BCUT2D eigenvalue weighted by Gasteiger charge is -2.36. The third-order valence-corrected chi connectivity index (χ3v) is 4.62. The molecule has 1 N–H and O–H groups in total. The van der Waals surface area contributed by atoms with Crippen molar-refractivity contribution >= 4 is 5.82 Å². The summed E-state index contributed by atoms with van der Waals surface area (Å²) in [5, 5.41) is 10.4. The molecule has 0 aliphatic carbocycles. The molecule has 1 unspecified atom stereocenters. The van der Waals surface area contributed by atoms with E-state index in [4.69, 9.17) is 14.2 Å². The second kappa shape index (κ2) is 9.43. The van der Waals surface area contributed by atoms with Crippen molar-refractivity contribution in [1.82, 2.24) is 9.88 Å². The van der Waals surface area contributed by atoms with Gasteiger partial charge in [0.1, 0.15) is 18.5 Å². The van der Waals surface area contributed by atoms with Gasteiger partial charge in [-0.2, -0.15) is 0 Å². The fourth-order valence-electron chi connectivity index (χ4n) is 3.19. The Kier molecular flexibility index (Phi) is 6.73. The van der Waals surface area contributed by atoms with Crippen molar-refractivity contribution in [3.63, 3.8) is 0 Å². The van der Waals surface area contributed by atoms with Gasteiger partial charge in [0, 0.05) is 38.9 Å². The van der Waals surface area contributed by atoms with E-state index in [1.54, 1.807) is 26.4 Å². The minimum absolute atomic E-state index is 0.178. The molecule has 0 spiro atoms. The molecule has 1 atom stereocenters. The topological polar surface area (TPSA) is 67.3 Å². The lowest BCUT2D eigenvalue weighted by atomic mass is 10.2. The minimum atomic E-state index is -0.596. The summed E-state index contributed by atoms with van der Waals surface area (Å²) >= 11 is 0. The first kappa shape index (κ1) is 19.3. The van der Waals surface area contributed by atoms with Crippen LogP contribution < -0.4 is 19.1 Å². The Balaban J connectivity index is 1.47. The van der Waals surface area contributed by atoms with Crippen molar-refractivity contribution in [2.24, 2.45) is 0 Å². The van der Waals surface area contributed by atoms with Crippen molar-refractivity contribution in [3.8, 4) is 17.2 Å². The zero-order valence-electron chi connectivity index (χ0n) is 15.9. The van der Waals surface area contributed by atoms with Gasteiger partial charge in [0.25, 0.3) is 0 Å². The van der Waals surface area contributed by atoms with Crippen LogP contribution >= 0.6 is 0 Å². The molecule has 1 fully saturated rings. The molecule has 27 heavy (non-hydrogen) atoms. The van der Waals surface area contributed by atoms with Crippen LogP contribution in [0.15, 0.2) is 42.6 Å². The van der Waals surface area contributed by atoms with E-state index in [0.717, 1.165) is 32.0 Å². The highest BCUT2D eigenvalue weighted by molar-refractivity contribution is 5.51. The van der Waals surface area contributed by atoms with E-state index in [-0.39, 0.29) is 6.61 Å². The minimum Gasteiger partial charge on any atom is -0.493 e. The van der Waals surface area contributed by atoms with Crippen LogP contribution in [0.3, 0.4) is 0 Å². The number of hydrogen-bond donors (Lipinski definition) is 1. The van der Waals surface area contributed by atoms with Crippen LogP contribution in [0.5, 0.6) is 17.2 Å². The second-order valence-electron chi connectivity index (χ2n) is 6.43. The van der Waals surface area contributed by atoms with Gasteiger partial charge in [-0.25, -0.2) is 4.98 Å². The number of pyridine rings is 1. The van der Waals surface area contributed by atoms with Crippen molar-refractivity contribution in [1.29, 1.82) is 0 Å². The summed E-state index contributed by atoms with van der Waals surface area (Å²) in [6.45, 7) is 4.29. The largest absolute Gasteiger partial charge is 0.493 e. The number of rotatable bonds is 8. The molecule has 1 aromatic heterocycles. The third kappa shape index (κ3) is 5.02. The summed E-state index contributed by atoms with van der Waals surface area (Å²) in [7, 11) is 3.16. The Hall–Kier alpha value is -2.51.